The van der Waals surface area contributed by atoms with Gasteiger partial charge in [-0.15, -0.1) is 0 Å². The largest absolute Gasteiger partial charge is 0.390 e. The Balaban J connectivity index is 3.55. The number of carbonyl (C=O) groups excluding carboxylic acids is 1. The smallest absolute Gasteiger partial charge is 0.154 e. The predicted octanol–water partition coefficient (Wildman–Crippen LogP) is 11.0. The molecule has 0 saturated carbocycles. The van der Waals surface area contributed by atoms with Crippen molar-refractivity contribution in [1.82, 2.24) is 0 Å². The van der Waals surface area contributed by atoms with E-state index in [1.807, 2.05) is 0 Å². The van der Waals surface area contributed by atoms with E-state index in [1.54, 1.807) is 0 Å². The molecule has 0 aromatic carbocycles. The molecule has 0 aromatic heterocycles. The van der Waals surface area contributed by atoms with Gasteiger partial charge in [-0.2, -0.15) is 0 Å². The van der Waals surface area contributed by atoms with Gasteiger partial charge in [0.05, 0.1) is 6.10 Å². The van der Waals surface area contributed by atoms with Crippen LogP contribution < -0.4 is 0 Å². The van der Waals surface area contributed by atoms with E-state index in [1.165, 1.54) is 154 Å². The van der Waals surface area contributed by atoms with E-state index in [-0.39, 0.29) is 0 Å². The molecular formula is C35H70O3. The Kier molecular flexibility index (Phi) is 29.3. The first-order valence-corrected chi connectivity index (χ1v) is 17.5. The maximum absolute atomic E-state index is 11.6. The summed E-state index contributed by atoms with van der Waals surface area (Å²) in [4.78, 5) is 11.6. The molecule has 0 aromatic rings. The summed E-state index contributed by atoms with van der Waals surface area (Å²) in [7, 11) is 0. The number of aliphatic hydroxyl groups is 2. The number of carbonyl (C=O) groups is 1. The average molecular weight is 539 g/mol. The van der Waals surface area contributed by atoms with Crippen LogP contribution in [0.25, 0.3) is 0 Å². The number of hydrogen-bond donors (Lipinski definition) is 2. The lowest BCUT2D eigenvalue weighted by Crippen LogP contribution is -2.44. The normalized spacial score (nSPS) is 14.0. The summed E-state index contributed by atoms with van der Waals surface area (Å²) in [6.07, 6.45) is 36.9. The zero-order valence-corrected chi connectivity index (χ0v) is 26.2. The highest BCUT2D eigenvalue weighted by Crippen LogP contribution is 2.23. The van der Waals surface area contributed by atoms with Crippen molar-refractivity contribution in [2.75, 3.05) is 0 Å². The minimum Gasteiger partial charge on any atom is -0.390 e. The number of rotatable bonds is 32. The van der Waals surface area contributed by atoms with Crippen molar-refractivity contribution >= 4 is 6.29 Å². The molecule has 3 nitrogen and oxygen atoms in total. The van der Waals surface area contributed by atoms with Crippen LogP contribution in [0.5, 0.6) is 0 Å². The minimum atomic E-state index is -1.55. The molecule has 2 N–H and O–H groups in total. The monoisotopic (exact) mass is 539 g/mol. The van der Waals surface area contributed by atoms with Crippen LogP contribution in [0.2, 0.25) is 0 Å². The van der Waals surface area contributed by atoms with Crippen LogP contribution in [-0.2, 0) is 4.79 Å². The first-order valence-electron chi connectivity index (χ1n) is 17.5. The highest BCUT2D eigenvalue weighted by molar-refractivity contribution is 5.63. The zero-order chi connectivity index (χ0) is 28.0. The third kappa shape index (κ3) is 24.6. The van der Waals surface area contributed by atoms with Gasteiger partial charge in [0.2, 0.25) is 0 Å². The fraction of sp³-hybridized carbons (Fsp3) is 0.971. The van der Waals surface area contributed by atoms with E-state index in [4.69, 9.17) is 0 Å². The van der Waals surface area contributed by atoms with E-state index in [2.05, 4.69) is 13.8 Å². The molecule has 0 bridgehead atoms. The number of aliphatic hydroxyl groups excluding tert-OH is 1. The molecule has 0 aliphatic heterocycles. The molecule has 0 spiro atoms. The van der Waals surface area contributed by atoms with Crippen LogP contribution in [0.15, 0.2) is 0 Å². The molecule has 0 saturated heterocycles. The molecule has 0 rings (SSSR count). The predicted molar refractivity (Wildman–Crippen MR) is 167 cm³/mol. The first kappa shape index (κ1) is 37.6. The summed E-state index contributed by atoms with van der Waals surface area (Å²) >= 11 is 0. The van der Waals surface area contributed by atoms with E-state index in [0.717, 1.165) is 25.7 Å². The molecular weight excluding hydrogens is 468 g/mol. The Morgan fingerprint density at radius 2 is 0.737 bits per heavy atom. The zero-order valence-electron chi connectivity index (χ0n) is 26.2. The molecule has 0 amide bonds. The van der Waals surface area contributed by atoms with Gasteiger partial charge in [0.1, 0.15) is 5.60 Å². The summed E-state index contributed by atoms with van der Waals surface area (Å²) in [6, 6.07) is 0. The van der Waals surface area contributed by atoms with Crippen LogP contribution in [0.3, 0.4) is 0 Å². The third-order valence-electron chi connectivity index (χ3n) is 8.54. The van der Waals surface area contributed by atoms with Gasteiger partial charge in [0.25, 0.3) is 0 Å². The van der Waals surface area contributed by atoms with Crippen LogP contribution in [0.4, 0.5) is 0 Å². The van der Waals surface area contributed by atoms with Crippen molar-refractivity contribution in [3.05, 3.63) is 0 Å². The Morgan fingerprint density at radius 1 is 0.474 bits per heavy atom. The molecule has 0 fully saturated rings. The second-order valence-electron chi connectivity index (χ2n) is 12.4. The second kappa shape index (κ2) is 29.6. The summed E-state index contributed by atoms with van der Waals surface area (Å²) in [5.41, 5.74) is -1.55. The molecule has 228 valence electrons. The topological polar surface area (TPSA) is 57.5 Å². The molecule has 0 radical (unpaired) electrons. The van der Waals surface area contributed by atoms with Gasteiger partial charge in [-0.25, -0.2) is 0 Å². The van der Waals surface area contributed by atoms with Crippen molar-refractivity contribution < 1.29 is 15.0 Å². The van der Waals surface area contributed by atoms with Crippen molar-refractivity contribution in [1.29, 1.82) is 0 Å². The van der Waals surface area contributed by atoms with Gasteiger partial charge >= 0.3 is 0 Å². The van der Waals surface area contributed by atoms with Crippen LogP contribution in [-0.4, -0.2) is 28.2 Å². The summed E-state index contributed by atoms with van der Waals surface area (Å²) in [6.45, 7) is 4.54. The van der Waals surface area contributed by atoms with Crippen LogP contribution in [0.1, 0.15) is 206 Å². The summed E-state index contributed by atoms with van der Waals surface area (Å²) in [5, 5.41) is 21.1. The molecule has 0 heterocycles. The molecule has 0 aliphatic carbocycles. The highest BCUT2D eigenvalue weighted by atomic mass is 16.3. The van der Waals surface area contributed by atoms with E-state index < -0.39 is 11.7 Å². The quantitative estimate of drug-likeness (QED) is 0.0661. The van der Waals surface area contributed by atoms with Gasteiger partial charge in [-0.1, -0.05) is 194 Å². The Morgan fingerprint density at radius 3 is 1.03 bits per heavy atom. The SMILES string of the molecule is CCCCCCCCCCCCCCCCC(O)C(O)(C=O)CCCCCCCCCCCCCCCC. The van der Waals surface area contributed by atoms with Crippen LogP contribution in [0, 0.1) is 0 Å². The number of unbranched alkanes of at least 4 members (excludes halogenated alkanes) is 26. The lowest BCUT2D eigenvalue weighted by Gasteiger charge is -2.27. The Hall–Kier alpha value is -0.410. The van der Waals surface area contributed by atoms with Gasteiger partial charge in [-0.3, -0.25) is 0 Å². The second-order valence-corrected chi connectivity index (χ2v) is 12.4. The average Bonchev–Trinajstić information content (AvgIpc) is 2.93. The first-order chi connectivity index (χ1) is 18.6. The van der Waals surface area contributed by atoms with Crippen molar-refractivity contribution in [3.8, 4) is 0 Å². The van der Waals surface area contributed by atoms with E-state index >= 15 is 0 Å². The maximum atomic E-state index is 11.6. The summed E-state index contributed by atoms with van der Waals surface area (Å²) < 4.78 is 0. The van der Waals surface area contributed by atoms with Gasteiger partial charge in [0, 0.05) is 0 Å². The van der Waals surface area contributed by atoms with Crippen LogP contribution >= 0.6 is 0 Å². The van der Waals surface area contributed by atoms with Gasteiger partial charge < -0.3 is 15.0 Å². The maximum Gasteiger partial charge on any atom is 0.154 e. The van der Waals surface area contributed by atoms with Crippen molar-refractivity contribution in [2.45, 2.75) is 218 Å². The fourth-order valence-electron chi connectivity index (χ4n) is 5.69. The van der Waals surface area contributed by atoms with E-state index in [0.29, 0.717) is 19.1 Å². The van der Waals surface area contributed by atoms with Crippen molar-refractivity contribution in [3.63, 3.8) is 0 Å². The van der Waals surface area contributed by atoms with E-state index in [9.17, 15) is 15.0 Å². The summed E-state index contributed by atoms with van der Waals surface area (Å²) in [5.74, 6) is 0. The highest BCUT2D eigenvalue weighted by Gasteiger charge is 2.34. The lowest BCUT2D eigenvalue weighted by molar-refractivity contribution is -0.139. The lowest BCUT2D eigenvalue weighted by atomic mass is 9.88. The number of aldehydes is 1. The van der Waals surface area contributed by atoms with Crippen molar-refractivity contribution in [2.24, 2.45) is 0 Å². The van der Waals surface area contributed by atoms with Gasteiger partial charge in [-0.05, 0) is 12.8 Å². The molecule has 2 atom stereocenters. The third-order valence-corrected chi connectivity index (χ3v) is 8.54. The minimum absolute atomic E-state index is 0.397. The molecule has 2 unspecified atom stereocenters. The Labute approximate surface area is 239 Å². The Bertz CT molecular complexity index is 466. The fourth-order valence-corrected chi connectivity index (χ4v) is 5.69. The van der Waals surface area contributed by atoms with Gasteiger partial charge in [0.15, 0.2) is 6.29 Å². The molecule has 38 heavy (non-hydrogen) atoms. The molecule has 0 aliphatic rings. The standard InChI is InChI=1S/C35H70O3/c1-3-5-7-9-11-13-15-17-19-21-23-25-27-29-31-34(37)35(38,33-36)32-30-28-26-24-22-20-18-16-14-12-10-8-6-4-2/h33-34,37-38H,3-32H2,1-2H3. The number of hydrogen-bond acceptors (Lipinski definition) is 3. The molecule has 3 heteroatoms.